The Morgan fingerprint density at radius 1 is 1.38 bits per heavy atom. The molecule has 0 spiro atoms. The fraction of sp³-hybridized carbons (Fsp3) is 0.667. The van der Waals surface area contributed by atoms with Crippen LogP contribution in [0.3, 0.4) is 0 Å². The molecular weight excluding hydrogens is 260 g/mol. The molecule has 1 aliphatic carbocycles. The largest absolute Gasteiger partial charge is 0.496 e. The molecule has 21 heavy (non-hydrogen) atoms. The number of hydrogen-bond donors (Lipinski definition) is 1. The van der Waals surface area contributed by atoms with E-state index in [4.69, 9.17) is 4.74 Å². The van der Waals surface area contributed by atoms with Gasteiger partial charge in [0, 0.05) is 24.7 Å². The minimum absolute atomic E-state index is 0.324. The minimum atomic E-state index is 0.324. The molecule has 0 aliphatic heterocycles. The van der Waals surface area contributed by atoms with Gasteiger partial charge in [-0.05, 0) is 51.8 Å². The average molecular weight is 290 g/mol. The zero-order chi connectivity index (χ0) is 15.2. The van der Waals surface area contributed by atoms with Gasteiger partial charge in [-0.15, -0.1) is 0 Å². The quantitative estimate of drug-likeness (QED) is 0.754. The van der Waals surface area contributed by atoms with E-state index < -0.39 is 0 Å². The Kier molecular flexibility index (Phi) is 6.07. The van der Waals surface area contributed by atoms with Gasteiger partial charge in [-0.1, -0.05) is 24.6 Å². The maximum absolute atomic E-state index is 5.56. The number of benzene rings is 1. The van der Waals surface area contributed by atoms with Crippen molar-refractivity contribution in [3.63, 3.8) is 0 Å². The summed E-state index contributed by atoms with van der Waals surface area (Å²) in [7, 11) is 3.81. The van der Waals surface area contributed by atoms with Crippen LogP contribution in [0.2, 0.25) is 0 Å². The van der Waals surface area contributed by atoms with Crippen LogP contribution in [-0.4, -0.2) is 38.7 Å². The van der Waals surface area contributed by atoms with Gasteiger partial charge >= 0.3 is 0 Å². The predicted molar refractivity (Wildman–Crippen MR) is 89.0 cm³/mol. The minimum Gasteiger partial charge on any atom is -0.496 e. The summed E-state index contributed by atoms with van der Waals surface area (Å²) in [4.78, 5) is 2.61. The van der Waals surface area contributed by atoms with Crippen LogP contribution >= 0.6 is 0 Å². The molecular formula is C18H30N2O. The van der Waals surface area contributed by atoms with Gasteiger partial charge in [0.25, 0.3) is 0 Å². The van der Waals surface area contributed by atoms with Crippen LogP contribution in [0.15, 0.2) is 18.2 Å². The van der Waals surface area contributed by atoms with E-state index in [0.717, 1.165) is 18.2 Å². The summed E-state index contributed by atoms with van der Waals surface area (Å²) in [5, 5.41) is 3.48. The summed E-state index contributed by atoms with van der Waals surface area (Å²) in [6.45, 7) is 7.90. The van der Waals surface area contributed by atoms with Gasteiger partial charge in [0.2, 0.25) is 0 Å². The number of aryl methyl sites for hydroxylation is 1. The Morgan fingerprint density at radius 2 is 2.14 bits per heavy atom. The molecule has 3 nitrogen and oxygen atoms in total. The first-order valence-electron chi connectivity index (χ1n) is 8.22. The first kappa shape index (κ1) is 16.3. The fourth-order valence-corrected chi connectivity index (χ4v) is 2.97. The number of hydrogen-bond acceptors (Lipinski definition) is 3. The number of rotatable bonds is 9. The highest BCUT2D eigenvalue weighted by Crippen LogP contribution is 2.31. The van der Waals surface area contributed by atoms with Gasteiger partial charge in [-0.25, -0.2) is 0 Å². The van der Waals surface area contributed by atoms with Crippen molar-refractivity contribution < 1.29 is 4.74 Å². The summed E-state index contributed by atoms with van der Waals surface area (Å²) < 4.78 is 5.56. The molecule has 0 amide bonds. The SMILES string of the molecule is CCCN(CC1CC1)CC(NC)c1cc(C)ccc1OC. The van der Waals surface area contributed by atoms with E-state index in [1.54, 1.807) is 7.11 Å². The lowest BCUT2D eigenvalue weighted by molar-refractivity contribution is 0.235. The van der Waals surface area contributed by atoms with Gasteiger partial charge in [-0.3, -0.25) is 0 Å². The molecule has 1 unspecified atom stereocenters. The lowest BCUT2D eigenvalue weighted by Gasteiger charge is -2.28. The maximum Gasteiger partial charge on any atom is 0.123 e. The van der Waals surface area contributed by atoms with Crippen LogP contribution in [0.4, 0.5) is 0 Å². The van der Waals surface area contributed by atoms with Gasteiger partial charge in [-0.2, -0.15) is 0 Å². The standard InChI is InChI=1S/C18H30N2O/c1-5-10-20(12-15-7-8-15)13-17(19-3)16-11-14(2)6-9-18(16)21-4/h6,9,11,15,17,19H,5,7-8,10,12-13H2,1-4H3. The van der Waals surface area contributed by atoms with Crippen molar-refractivity contribution in [2.24, 2.45) is 5.92 Å². The molecule has 0 heterocycles. The highest BCUT2D eigenvalue weighted by molar-refractivity contribution is 5.39. The summed E-state index contributed by atoms with van der Waals surface area (Å²) in [6, 6.07) is 6.77. The first-order chi connectivity index (χ1) is 10.2. The van der Waals surface area contributed by atoms with Crippen molar-refractivity contribution in [3.8, 4) is 5.75 Å². The number of ether oxygens (including phenoxy) is 1. The van der Waals surface area contributed by atoms with Crippen molar-refractivity contribution >= 4 is 0 Å². The van der Waals surface area contributed by atoms with E-state index in [1.807, 2.05) is 7.05 Å². The Morgan fingerprint density at radius 3 is 2.71 bits per heavy atom. The van der Waals surface area contributed by atoms with Crippen molar-refractivity contribution in [2.45, 2.75) is 39.2 Å². The van der Waals surface area contributed by atoms with Crippen molar-refractivity contribution in [1.82, 2.24) is 10.2 Å². The van der Waals surface area contributed by atoms with E-state index in [1.165, 1.54) is 43.5 Å². The van der Waals surface area contributed by atoms with Crippen LogP contribution < -0.4 is 10.1 Å². The van der Waals surface area contributed by atoms with Crippen LogP contribution in [0.5, 0.6) is 5.75 Å². The smallest absolute Gasteiger partial charge is 0.123 e. The number of likely N-dealkylation sites (N-methyl/N-ethyl adjacent to an activating group) is 1. The Hall–Kier alpha value is -1.06. The molecule has 3 heteroatoms. The summed E-state index contributed by atoms with van der Waals surface area (Å²) >= 11 is 0. The van der Waals surface area contributed by atoms with E-state index in [2.05, 4.69) is 42.3 Å². The molecule has 1 fully saturated rings. The molecule has 2 rings (SSSR count). The lowest BCUT2D eigenvalue weighted by Crippen LogP contribution is -2.36. The molecule has 1 aliphatic rings. The fourth-order valence-electron chi connectivity index (χ4n) is 2.97. The number of nitrogens with zero attached hydrogens (tertiary/aromatic N) is 1. The molecule has 1 N–H and O–H groups in total. The second-order valence-electron chi connectivity index (χ2n) is 6.29. The Balaban J connectivity index is 2.11. The lowest BCUT2D eigenvalue weighted by atomic mass is 10.0. The zero-order valence-electron chi connectivity index (χ0n) is 14.0. The molecule has 1 aromatic rings. The van der Waals surface area contributed by atoms with Crippen molar-refractivity contribution in [1.29, 1.82) is 0 Å². The number of methoxy groups -OCH3 is 1. The van der Waals surface area contributed by atoms with E-state index in [-0.39, 0.29) is 0 Å². The van der Waals surface area contributed by atoms with E-state index >= 15 is 0 Å². The Labute approximate surface area is 129 Å². The second kappa shape index (κ2) is 7.81. The summed E-state index contributed by atoms with van der Waals surface area (Å²) in [6.07, 6.45) is 4.05. The third-order valence-corrected chi connectivity index (χ3v) is 4.30. The van der Waals surface area contributed by atoms with Crippen LogP contribution in [0.1, 0.15) is 43.4 Å². The Bertz CT molecular complexity index is 443. The maximum atomic E-state index is 5.56. The molecule has 0 radical (unpaired) electrons. The highest BCUT2D eigenvalue weighted by atomic mass is 16.5. The topological polar surface area (TPSA) is 24.5 Å². The molecule has 0 aromatic heterocycles. The van der Waals surface area contributed by atoms with E-state index in [9.17, 15) is 0 Å². The molecule has 1 atom stereocenters. The molecule has 0 bridgehead atoms. The molecule has 0 saturated heterocycles. The van der Waals surface area contributed by atoms with Gasteiger partial charge < -0.3 is 15.0 Å². The van der Waals surface area contributed by atoms with Crippen LogP contribution in [0, 0.1) is 12.8 Å². The first-order valence-corrected chi connectivity index (χ1v) is 8.22. The summed E-state index contributed by atoms with van der Waals surface area (Å²) in [5.74, 6) is 1.93. The van der Waals surface area contributed by atoms with E-state index in [0.29, 0.717) is 6.04 Å². The molecule has 1 saturated carbocycles. The van der Waals surface area contributed by atoms with Crippen LogP contribution in [-0.2, 0) is 0 Å². The van der Waals surface area contributed by atoms with Gasteiger partial charge in [0.05, 0.1) is 7.11 Å². The van der Waals surface area contributed by atoms with Gasteiger partial charge in [0.15, 0.2) is 0 Å². The third-order valence-electron chi connectivity index (χ3n) is 4.30. The normalized spacial score (nSPS) is 16.2. The van der Waals surface area contributed by atoms with Crippen molar-refractivity contribution in [2.75, 3.05) is 33.8 Å². The van der Waals surface area contributed by atoms with Crippen LogP contribution in [0.25, 0.3) is 0 Å². The van der Waals surface area contributed by atoms with Gasteiger partial charge in [0.1, 0.15) is 5.75 Å². The monoisotopic (exact) mass is 290 g/mol. The average Bonchev–Trinajstić information content (AvgIpc) is 3.28. The highest BCUT2D eigenvalue weighted by Gasteiger charge is 2.26. The predicted octanol–water partition coefficient (Wildman–Crippen LogP) is 3.39. The second-order valence-corrected chi connectivity index (χ2v) is 6.29. The zero-order valence-corrected chi connectivity index (χ0v) is 14.0. The summed E-state index contributed by atoms with van der Waals surface area (Å²) in [5.41, 5.74) is 2.56. The van der Waals surface area contributed by atoms with Crippen molar-refractivity contribution in [3.05, 3.63) is 29.3 Å². The third kappa shape index (κ3) is 4.72. The molecule has 118 valence electrons. The molecule has 1 aromatic carbocycles. The number of nitrogens with one attached hydrogen (secondary N) is 1.